The second-order valence-electron chi connectivity index (χ2n) is 5.77. The zero-order valence-corrected chi connectivity index (χ0v) is 16.3. The van der Waals surface area contributed by atoms with E-state index in [1.807, 2.05) is 60.7 Å². The van der Waals surface area contributed by atoms with E-state index in [-0.39, 0.29) is 11.9 Å². The molecule has 10 heteroatoms. The van der Waals surface area contributed by atoms with Crippen molar-refractivity contribution in [1.82, 2.24) is 0 Å². The molecule has 0 spiro atoms. The van der Waals surface area contributed by atoms with Crippen molar-refractivity contribution < 1.29 is 9.47 Å². The highest BCUT2D eigenvalue weighted by molar-refractivity contribution is 5.82. The van der Waals surface area contributed by atoms with Crippen LogP contribution in [0, 0.1) is 0 Å². The zero-order chi connectivity index (χ0) is 21.6. The fraction of sp³-hybridized carbons (Fsp3) is 0.100. The van der Waals surface area contributed by atoms with Gasteiger partial charge in [0.2, 0.25) is 11.9 Å². The normalized spacial score (nSPS) is 11.1. The first kappa shape index (κ1) is 22.0. The lowest BCUT2D eigenvalue weighted by Crippen LogP contribution is -2.21. The molecule has 0 aliphatic carbocycles. The van der Waals surface area contributed by atoms with E-state index >= 15 is 0 Å². The Hall–Kier alpha value is -4.34. The van der Waals surface area contributed by atoms with Gasteiger partial charge in [0, 0.05) is 0 Å². The van der Waals surface area contributed by atoms with Crippen molar-refractivity contribution in [3.8, 4) is 11.5 Å². The Morgan fingerprint density at radius 3 is 1.33 bits per heavy atom. The zero-order valence-electron chi connectivity index (χ0n) is 16.3. The molecule has 2 aromatic rings. The van der Waals surface area contributed by atoms with E-state index in [1.54, 1.807) is 12.4 Å². The molecule has 156 valence electrons. The Labute approximate surface area is 174 Å². The van der Waals surface area contributed by atoms with Crippen molar-refractivity contribution in [3.05, 3.63) is 71.8 Å². The molecular weight excluding hydrogens is 384 g/mol. The van der Waals surface area contributed by atoms with Crippen molar-refractivity contribution >= 4 is 24.3 Å². The Morgan fingerprint density at radius 2 is 1.00 bits per heavy atom. The van der Waals surface area contributed by atoms with Gasteiger partial charge >= 0.3 is 0 Å². The molecule has 0 saturated carbocycles. The monoisotopic (exact) mass is 408 g/mol. The summed E-state index contributed by atoms with van der Waals surface area (Å²) < 4.78 is 11.3. The quantitative estimate of drug-likeness (QED) is 0.197. The Morgan fingerprint density at radius 1 is 0.633 bits per heavy atom. The molecule has 0 aliphatic rings. The van der Waals surface area contributed by atoms with Gasteiger partial charge in [-0.2, -0.15) is 10.2 Å². The molecule has 0 aromatic heterocycles. The number of guanidine groups is 2. The standard InChI is InChI=1S/C20H24N8O2/c21-19(22)27-25-13-15-3-7-17(8-4-15)29-11-1-2-12-30-18-9-5-16(6-10-18)14-26-28-20(23)24/h1-10,13-14H,11-12H2,(H4,21,22,27)(H4,23,24,28)/b2-1-,25-13+,26-14+. The van der Waals surface area contributed by atoms with Crippen LogP contribution in [0.3, 0.4) is 0 Å². The summed E-state index contributed by atoms with van der Waals surface area (Å²) in [5, 5.41) is 14.6. The van der Waals surface area contributed by atoms with Crippen LogP contribution in [-0.2, 0) is 0 Å². The highest BCUT2D eigenvalue weighted by Crippen LogP contribution is 2.12. The van der Waals surface area contributed by atoms with E-state index < -0.39 is 0 Å². The lowest BCUT2D eigenvalue weighted by molar-refractivity contribution is 0.350. The molecule has 0 bridgehead atoms. The van der Waals surface area contributed by atoms with Gasteiger partial charge in [-0.15, -0.1) is 10.2 Å². The van der Waals surface area contributed by atoms with E-state index in [9.17, 15) is 0 Å². The van der Waals surface area contributed by atoms with Crippen LogP contribution in [0.1, 0.15) is 11.1 Å². The number of hydrogen-bond acceptors (Lipinski definition) is 6. The van der Waals surface area contributed by atoms with Gasteiger partial charge in [-0.25, -0.2) is 0 Å². The molecule has 30 heavy (non-hydrogen) atoms. The predicted octanol–water partition coefficient (Wildman–Crippen LogP) is 0.915. The summed E-state index contributed by atoms with van der Waals surface area (Å²) in [5.41, 5.74) is 22.5. The van der Waals surface area contributed by atoms with Crippen LogP contribution < -0.4 is 32.4 Å². The summed E-state index contributed by atoms with van der Waals surface area (Å²) in [4.78, 5) is 0. The largest absolute Gasteiger partial charge is 0.490 e. The molecule has 0 aliphatic heterocycles. The van der Waals surface area contributed by atoms with Crippen molar-refractivity contribution in [1.29, 1.82) is 0 Å². The number of benzene rings is 2. The first-order chi connectivity index (χ1) is 14.5. The van der Waals surface area contributed by atoms with Gasteiger partial charge in [-0.3, -0.25) is 0 Å². The van der Waals surface area contributed by atoms with Gasteiger partial charge in [0.15, 0.2) is 0 Å². The van der Waals surface area contributed by atoms with Crippen molar-refractivity contribution in [2.45, 2.75) is 0 Å². The summed E-state index contributed by atoms with van der Waals surface area (Å²) in [5.74, 6) is 1.29. The molecule has 0 saturated heterocycles. The SMILES string of the molecule is NC(N)=N/N=C/c1ccc(OC/C=C\COc2ccc(/C=N/N=C(N)N)cc2)cc1. The molecule has 8 N–H and O–H groups in total. The molecule has 0 unspecified atom stereocenters. The van der Waals surface area contributed by atoms with Gasteiger partial charge < -0.3 is 32.4 Å². The third kappa shape index (κ3) is 9.04. The molecule has 2 rings (SSSR count). The summed E-state index contributed by atoms with van der Waals surface area (Å²) in [6.45, 7) is 0.843. The van der Waals surface area contributed by atoms with Crippen molar-refractivity contribution in [2.24, 2.45) is 43.3 Å². The summed E-state index contributed by atoms with van der Waals surface area (Å²) >= 11 is 0. The Balaban J connectivity index is 1.69. The minimum absolute atomic E-state index is 0.0899. The first-order valence-electron chi connectivity index (χ1n) is 8.87. The van der Waals surface area contributed by atoms with Crippen LogP contribution in [0.25, 0.3) is 0 Å². The topological polar surface area (TPSA) is 172 Å². The van der Waals surface area contributed by atoms with Crippen LogP contribution in [-0.4, -0.2) is 37.6 Å². The Kier molecular flexibility index (Phi) is 8.92. The summed E-state index contributed by atoms with van der Waals surface area (Å²) in [6.07, 6.45) is 6.85. The van der Waals surface area contributed by atoms with E-state index in [2.05, 4.69) is 20.4 Å². The number of ether oxygens (including phenoxy) is 2. The van der Waals surface area contributed by atoms with Crippen LogP contribution >= 0.6 is 0 Å². The van der Waals surface area contributed by atoms with Crippen LogP contribution in [0.15, 0.2) is 81.1 Å². The number of rotatable bonds is 10. The van der Waals surface area contributed by atoms with Gasteiger partial charge in [-0.05, 0) is 71.8 Å². The fourth-order valence-corrected chi connectivity index (χ4v) is 2.05. The van der Waals surface area contributed by atoms with Gasteiger partial charge in [0.05, 0.1) is 12.4 Å². The van der Waals surface area contributed by atoms with Crippen LogP contribution in [0.5, 0.6) is 11.5 Å². The van der Waals surface area contributed by atoms with E-state index in [0.29, 0.717) is 13.2 Å². The highest BCUT2D eigenvalue weighted by Gasteiger charge is 1.94. The fourth-order valence-electron chi connectivity index (χ4n) is 2.05. The molecule has 0 atom stereocenters. The molecule has 0 heterocycles. The van der Waals surface area contributed by atoms with Crippen LogP contribution in [0.4, 0.5) is 0 Å². The average molecular weight is 408 g/mol. The lowest BCUT2D eigenvalue weighted by Gasteiger charge is -2.04. The second-order valence-corrected chi connectivity index (χ2v) is 5.77. The molecule has 2 aromatic carbocycles. The maximum Gasteiger partial charge on any atom is 0.211 e. The third-order valence-electron chi connectivity index (χ3n) is 3.38. The number of nitrogens with two attached hydrogens (primary N) is 4. The highest BCUT2D eigenvalue weighted by atomic mass is 16.5. The van der Waals surface area contributed by atoms with E-state index in [0.717, 1.165) is 22.6 Å². The number of hydrogen-bond donors (Lipinski definition) is 4. The second kappa shape index (κ2) is 12.2. The molecular formula is C20H24N8O2. The summed E-state index contributed by atoms with van der Waals surface area (Å²) in [7, 11) is 0. The molecule has 10 nitrogen and oxygen atoms in total. The average Bonchev–Trinajstić information content (AvgIpc) is 2.72. The Bertz CT molecular complexity index is 847. The van der Waals surface area contributed by atoms with Gasteiger partial charge in [0.25, 0.3) is 0 Å². The predicted molar refractivity (Wildman–Crippen MR) is 120 cm³/mol. The summed E-state index contributed by atoms with van der Waals surface area (Å²) in [6, 6.07) is 14.7. The van der Waals surface area contributed by atoms with Gasteiger partial charge in [0.1, 0.15) is 24.7 Å². The smallest absolute Gasteiger partial charge is 0.211 e. The third-order valence-corrected chi connectivity index (χ3v) is 3.38. The van der Waals surface area contributed by atoms with Crippen LogP contribution in [0.2, 0.25) is 0 Å². The van der Waals surface area contributed by atoms with Crippen molar-refractivity contribution in [2.75, 3.05) is 13.2 Å². The minimum atomic E-state index is -0.0899. The molecule has 0 amide bonds. The number of nitrogens with zero attached hydrogens (tertiary/aromatic N) is 4. The van der Waals surface area contributed by atoms with E-state index in [1.165, 1.54) is 0 Å². The molecule has 0 fully saturated rings. The van der Waals surface area contributed by atoms with Gasteiger partial charge in [-0.1, -0.05) is 0 Å². The first-order valence-corrected chi connectivity index (χ1v) is 8.87. The van der Waals surface area contributed by atoms with E-state index in [4.69, 9.17) is 32.4 Å². The molecule has 0 radical (unpaired) electrons. The lowest BCUT2D eigenvalue weighted by atomic mass is 10.2. The minimum Gasteiger partial charge on any atom is -0.490 e. The maximum absolute atomic E-state index is 5.63. The van der Waals surface area contributed by atoms with Crippen molar-refractivity contribution in [3.63, 3.8) is 0 Å². The maximum atomic E-state index is 5.63.